The van der Waals surface area contributed by atoms with Crippen molar-refractivity contribution in [3.05, 3.63) is 0 Å². The average molecular weight is 244 g/mol. The molecule has 17 heavy (non-hydrogen) atoms. The van der Waals surface area contributed by atoms with Crippen LogP contribution in [0, 0.1) is 0 Å². The number of methoxy groups -OCH3 is 1. The summed E-state index contributed by atoms with van der Waals surface area (Å²) in [6.45, 7) is 6.77. The van der Waals surface area contributed by atoms with Crippen molar-refractivity contribution in [2.45, 2.75) is 38.9 Å². The summed E-state index contributed by atoms with van der Waals surface area (Å²) >= 11 is 0. The van der Waals surface area contributed by atoms with Gasteiger partial charge in [-0.25, -0.2) is 0 Å². The smallest absolute Gasteiger partial charge is 0.240 e. The Balaban J connectivity index is 2.04. The highest BCUT2D eigenvalue weighted by Crippen LogP contribution is 2.11. The molecule has 100 valence electrons. The first-order chi connectivity index (χ1) is 8.16. The molecule has 5 heteroatoms. The van der Waals surface area contributed by atoms with Crippen molar-refractivity contribution < 1.29 is 14.3 Å². The van der Waals surface area contributed by atoms with E-state index in [4.69, 9.17) is 9.47 Å². The lowest BCUT2D eigenvalue weighted by Crippen LogP contribution is -2.35. The third kappa shape index (κ3) is 4.61. The largest absolute Gasteiger partial charge is 0.382 e. The van der Waals surface area contributed by atoms with Gasteiger partial charge in [0.05, 0.1) is 25.4 Å². The highest BCUT2D eigenvalue weighted by molar-refractivity contribution is 5.83. The second-order valence-electron chi connectivity index (χ2n) is 4.41. The molecule has 0 aromatic carbocycles. The summed E-state index contributed by atoms with van der Waals surface area (Å²) in [5.41, 5.74) is 0. The molecule has 1 N–H and O–H groups in total. The molecule has 0 aromatic rings. The minimum atomic E-state index is -0.0389. The zero-order valence-corrected chi connectivity index (χ0v) is 11.1. The monoisotopic (exact) mass is 244 g/mol. The number of carbonyl (C=O) groups is 1. The molecular formula is C12H24N2O3. The van der Waals surface area contributed by atoms with E-state index in [1.807, 2.05) is 18.7 Å². The fraction of sp³-hybridized carbons (Fsp3) is 0.917. The number of ether oxygens (including phenoxy) is 2. The Morgan fingerprint density at radius 1 is 1.24 bits per heavy atom. The standard InChI is InChI=1S/C12H24N2O3/c1-10-12(15)14(11(2)13-10)6-4-5-7-17-9-8-16-3/h10-11,13H,4-9H2,1-3H3. The Labute approximate surface area is 103 Å². The molecular weight excluding hydrogens is 220 g/mol. The van der Waals surface area contributed by atoms with Gasteiger partial charge >= 0.3 is 0 Å². The number of nitrogens with one attached hydrogen (secondary N) is 1. The second-order valence-corrected chi connectivity index (χ2v) is 4.41. The van der Waals surface area contributed by atoms with Crippen LogP contribution in [0.5, 0.6) is 0 Å². The van der Waals surface area contributed by atoms with Gasteiger partial charge in [0.25, 0.3) is 0 Å². The van der Waals surface area contributed by atoms with Crippen molar-refractivity contribution in [3.8, 4) is 0 Å². The lowest BCUT2D eigenvalue weighted by Gasteiger charge is -2.20. The van der Waals surface area contributed by atoms with E-state index in [0.717, 1.165) is 26.0 Å². The molecule has 0 spiro atoms. The first kappa shape index (κ1) is 14.4. The predicted octanol–water partition coefficient (Wildman–Crippen LogP) is 0.596. The number of unbranched alkanes of at least 4 members (excludes halogenated alkanes) is 1. The predicted molar refractivity (Wildman–Crippen MR) is 65.7 cm³/mol. The van der Waals surface area contributed by atoms with E-state index in [0.29, 0.717) is 13.2 Å². The molecule has 0 radical (unpaired) electrons. The molecule has 1 heterocycles. The van der Waals surface area contributed by atoms with Crippen LogP contribution < -0.4 is 5.32 Å². The normalized spacial score (nSPS) is 24.6. The van der Waals surface area contributed by atoms with Crippen LogP contribution in [0.3, 0.4) is 0 Å². The van der Waals surface area contributed by atoms with Crippen molar-refractivity contribution >= 4 is 5.91 Å². The van der Waals surface area contributed by atoms with Crippen LogP contribution in [-0.4, -0.2) is 56.5 Å². The minimum Gasteiger partial charge on any atom is -0.382 e. The molecule has 0 saturated carbocycles. The van der Waals surface area contributed by atoms with Gasteiger partial charge in [-0.15, -0.1) is 0 Å². The number of hydrogen-bond acceptors (Lipinski definition) is 4. The maximum atomic E-state index is 11.7. The van der Waals surface area contributed by atoms with Crippen LogP contribution in [0.4, 0.5) is 0 Å². The van der Waals surface area contributed by atoms with E-state index in [1.165, 1.54) is 0 Å². The van der Waals surface area contributed by atoms with Crippen LogP contribution in [0.15, 0.2) is 0 Å². The van der Waals surface area contributed by atoms with Crippen LogP contribution in [-0.2, 0) is 14.3 Å². The summed E-state index contributed by atoms with van der Waals surface area (Å²) in [6, 6.07) is -0.0389. The van der Waals surface area contributed by atoms with Gasteiger partial charge in [-0.05, 0) is 26.7 Å². The Bertz CT molecular complexity index is 236. The lowest BCUT2D eigenvalue weighted by atomic mass is 10.3. The third-order valence-electron chi connectivity index (χ3n) is 2.98. The second kappa shape index (κ2) is 7.63. The molecule has 5 nitrogen and oxygen atoms in total. The van der Waals surface area contributed by atoms with Gasteiger partial charge in [0.15, 0.2) is 0 Å². The van der Waals surface area contributed by atoms with Gasteiger partial charge < -0.3 is 14.4 Å². The molecule has 2 atom stereocenters. The number of rotatable bonds is 8. The van der Waals surface area contributed by atoms with Crippen molar-refractivity contribution in [2.24, 2.45) is 0 Å². The summed E-state index contributed by atoms with van der Waals surface area (Å²) in [4.78, 5) is 13.6. The van der Waals surface area contributed by atoms with Crippen LogP contribution in [0.2, 0.25) is 0 Å². The Morgan fingerprint density at radius 3 is 2.59 bits per heavy atom. The molecule has 0 aromatic heterocycles. The highest BCUT2D eigenvalue weighted by atomic mass is 16.5. The molecule has 0 aliphatic carbocycles. The summed E-state index contributed by atoms with van der Waals surface area (Å²) in [5, 5.41) is 3.21. The summed E-state index contributed by atoms with van der Waals surface area (Å²) in [7, 11) is 1.66. The van der Waals surface area contributed by atoms with E-state index >= 15 is 0 Å². The molecule has 1 amide bonds. The molecule has 0 bridgehead atoms. The molecule has 1 rings (SSSR count). The molecule has 1 fully saturated rings. The van der Waals surface area contributed by atoms with Crippen molar-refractivity contribution in [1.29, 1.82) is 0 Å². The highest BCUT2D eigenvalue weighted by Gasteiger charge is 2.32. The van der Waals surface area contributed by atoms with Gasteiger partial charge in [0.2, 0.25) is 5.91 Å². The number of amides is 1. The fourth-order valence-corrected chi connectivity index (χ4v) is 2.00. The number of hydrogen-bond donors (Lipinski definition) is 1. The van der Waals surface area contributed by atoms with Crippen molar-refractivity contribution in [2.75, 3.05) is 33.5 Å². The van der Waals surface area contributed by atoms with Crippen LogP contribution >= 0.6 is 0 Å². The topological polar surface area (TPSA) is 50.8 Å². The van der Waals surface area contributed by atoms with E-state index in [9.17, 15) is 4.79 Å². The molecule has 1 saturated heterocycles. The van der Waals surface area contributed by atoms with E-state index in [-0.39, 0.29) is 18.1 Å². The minimum absolute atomic E-state index is 0.0389. The van der Waals surface area contributed by atoms with Gasteiger partial charge in [-0.2, -0.15) is 0 Å². The maximum absolute atomic E-state index is 11.7. The van der Waals surface area contributed by atoms with Gasteiger partial charge in [-0.1, -0.05) is 0 Å². The van der Waals surface area contributed by atoms with Crippen molar-refractivity contribution in [3.63, 3.8) is 0 Å². The van der Waals surface area contributed by atoms with Crippen molar-refractivity contribution in [1.82, 2.24) is 10.2 Å². The van der Waals surface area contributed by atoms with Gasteiger partial charge in [-0.3, -0.25) is 10.1 Å². The summed E-state index contributed by atoms with van der Waals surface area (Å²) < 4.78 is 10.3. The lowest BCUT2D eigenvalue weighted by molar-refractivity contribution is -0.129. The molecule has 2 unspecified atom stereocenters. The van der Waals surface area contributed by atoms with Gasteiger partial charge in [0, 0.05) is 20.3 Å². The molecule has 1 aliphatic heterocycles. The first-order valence-electron chi connectivity index (χ1n) is 6.30. The Morgan fingerprint density at radius 2 is 2.00 bits per heavy atom. The number of nitrogens with zero attached hydrogens (tertiary/aromatic N) is 1. The van der Waals surface area contributed by atoms with Crippen LogP contribution in [0.1, 0.15) is 26.7 Å². The third-order valence-corrected chi connectivity index (χ3v) is 2.98. The SMILES string of the molecule is COCCOCCCCN1C(=O)C(C)NC1C. The quantitative estimate of drug-likeness (QED) is 0.635. The fourth-order valence-electron chi connectivity index (χ4n) is 2.00. The zero-order chi connectivity index (χ0) is 12.7. The molecule has 1 aliphatic rings. The van der Waals surface area contributed by atoms with E-state index < -0.39 is 0 Å². The van der Waals surface area contributed by atoms with Crippen LogP contribution in [0.25, 0.3) is 0 Å². The Hall–Kier alpha value is -0.650. The van der Waals surface area contributed by atoms with Gasteiger partial charge in [0.1, 0.15) is 0 Å². The summed E-state index contributed by atoms with van der Waals surface area (Å²) in [6.07, 6.45) is 2.12. The first-order valence-corrected chi connectivity index (χ1v) is 6.30. The Kier molecular flexibility index (Phi) is 6.47. The summed E-state index contributed by atoms with van der Waals surface area (Å²) in [5.74, 6) is 0.206. The number of carbonyl (C=O) groups excluding carboxylic acids is 1. The zero-order valence-electron chi connectivity index (χ0n) is 11.1. The van der Waals surface area contributed by atoms with E-state index in [2.05, 4.69) is 5.32 Å². The maximum Gasteiger partial charge on any atom is 0.240 e. The average Bonchev–Trinajstić information content (AvgIpc) is 2.54. The van der Waals surface area contributed by atoms with E-state index in [1.54, 1.807) is 7.11 Å².